The van der Waals surface area contributed by atoms with Crippen molar-refractivity contribution < 1.29 is 23.1 Å². The Morgan fingerprint density at radius 1 is 1.02 bits per heavy atom. The van der Waals surface area contributed by atoms with Gasteiger partial charge in [-0.05, 0) is 60.9 Å². The summed E-state index contributed by atoms with van der Waals surface area (Å²) >= 11 is 0. The molecule has 0 spiro atoms. The normalized spacial score (nSPS) is 18.0. The summed E-state index contributed by atoms with van der Waals surface area (Å²) in [6, 6.07) is 11.2. The van der Waals surface area contributed by atoms with Gasteiger partial charge in [-0.25, -0.2) is 28.7 Å². The average Bonchev–Trinajstić information content (AvgIpc) is 3.77. The van der Waals surface area contributed by atoms with Crippen LogP contribution in [0.1, 0.15) is 44.0 Å². The van der Waals surface area contributed by atoms with Crippen LogP contribution in [0.15, 0.2) is 67.1 Å². The smallest absolute Gasteiger partial charge is 0.258 e. The number of amides is 2. The van der Waals surface area contributed by atoms with E-state index in [0.717, 1.165) is 23.0 Å². The predicted octanol–water partition coefficient (Wildman–Crippen LogP) is 5.22. The number of halogens is 2. The lowest BCUT2D eigenvalue weighted by Crippen LogP contribution is -2.48. The van der Waals surface area contributed by atoms with E-state index in [1.165, 1.54) is 19.5 Å². The number of aromatic amines is 1. The van der Waals surface area contributed by atoms with Gasteiger partial charge >= 0.3 is 0 Å². The Balaban J connectivity index is 0.983. The third-order valence-electron chi connectivity index (χ3n) is 9.50. The molecule has 262 valence electrons. The number of nitrogens with zero attached hydrogens (tertiary/aromatic N) is 7. The summed E-state index contributed by atoms with van der Waals surface area (Å²) in [4.78, 5) is 47.7. The van der Waals surface area contributed by atoms with E-state index in [1.807, 2.05) is 36.9 Å². The van der Waals surface area contributed by atoms with Crippen LogP contribution in [0, 0.1) is 11.6 Å². The molecule has 0 radical (unpaired) electrons. The Kier molecular flexibility index (Phi) is 9.36. The van der Waals surface area contributed by atoms with Crippen molar-refractivity contribution in [3.63, 3.8) is 0 Å². The topological polar surface area (TPSA) is 142 Å². The number of anilines is 1. The summed E-state index contributed by atoms with van der Waals surface area (Å²) in [6.45, 7) is 5.48. The molecule has 1 atom stereocenters. The SMILES string of the molecule is CO[C@@]1(C(=O)Nc2ccc3[nH]nc(-c4ccnc(C(C)C)n4)c3c2)CCN(CC(=O)N2CC=C(c3cc(F)c(-c4ncccn4)cc3F)CC2)C1. The van der Waals surface area contributed by atoms with Gasteiger partial charge < -0.3 is 15.0 Å². The molecule has 0 bridgehead atoms. The van der Waals surface area contributed by atoms with E-state index in [2.05, 4.69) is 35.5 Å². The van der Waals surface area contributed by atoms with Gasteiger partial charge in [0.2, 0.25) is 5.91 Å². The zero-order chi connectivity index (χ0) is 35.7. The van der Waals surface area contributed by atoms with Gasteiger partial charge in [0, 0.05) is 74.4 Å². The van der Waals surface area contributed by atoms with Gasteiger partial charge in [-0.15, -0.1) is 0 Å². The highest BCUT2D eigenvalue weighted by Gasteiger charge is 2.45. The Morgan fingerprint density at radius 2 is 1.80 bits per heavy atom. The van der Waals surface area contributed by atoms with Crippen LogP contribution in [-0.4, -0.2) is 97.2 Å². The lowest BCUT2D eigenvalue weighted by Gasteiger charge is -2.30. The van der Waals surface area contributed by atoms with Crippen molar-refractivity contribution in [1.29, 1.82) is 0 Å². The number of ether oxygens (including phenoxy) is 1. The van der Waals surface area contributed by atoms with Crippen LogP contribution in [0.4, 0.5) is 14.5 Å². The second-order valence-electron chi connectivity index (χ2n) is 13.1. The van der Waals surface area contributed by atoms with Gasteiger partial charge in [0.1, 0.15) is 23.2 Å². The first-order chi connectivity index (χ1) is 24.6. The lowest BCUT2D eigenvalue weighted by molar-refractivity contribution is -0.138. The van der Waals surface area contributed by atoms with Crippen LogP contribution in [0.25, 0.3) is 39.3 Å². The second kappa shape index (κ2) is 14.0. The molecular weight excluding hydrogens is 656 g/mol. The van der Waals surface area contributed by atoms with Crippen LogP contribution in [0.3, 0.4) is 0 Å². The molecule has 5 heterocycles. The van der Waals surface area contributed by atoms with Crippen molar-refractivity contribution in [1.82, 2.24) is 39.9 Å². The van der Waals surface area contributed by atoms with Crippen LogP contribution >= 0.6 is 0 Å². The Bertz CT molecular complexity index is 2140. The van der Waals surface area contributed by atoms with E-state index in [-0.39, 0.29) is 54.3 Å². The minimum atomic E-state index is -1.15. The molecule has 14 heteroatoms. The van der Waals surface area contributed by atoms with E-state index in [9.17, 15) is 14.0 Å². The van der Waals surface area contributed by atoms with Crippen molar-refractivity contribution >= 4 is 34.0 Å². The van der Waals surface area contributed by atoms with Crippen LogP contribution in [0.2, 0.25) is 0 Å². The molecule has 1 fully saturated rings. The molecule has 0 aliphatic carbocycles. The number of aromatic nitrogens is 6. The predicted molar refractivity (Wildman–Crippen MR) is 187 cm³/mol. The van der Waals surface area contributed by atoms with Crippen molar-refractivity contribution in [3.05, 3.63) is 90.2 Å². The Hall–Kier alpha value is -5.47. The molecule has 2 N–H and O–H groups in total. The maximum absolute atomic E-state index is 15.1. The molecular formula is C37H37F2N9O3. The maximum atomic E-state index is 15.1. The third kappa shape index (κ3) is 6.84. The van der Waals surface area contributed by atoms with Gasteiger partial charge in [-0.3, -0.25) is 19.6 Å². The average molecular weight is 694 g/mol. The van der Waals surface area contributed by atoms with Crippen molar-refractivity contribution in [3.8, 4) is 22.8 Å². The molecule has 2 aromatic carbocycles. The second-order valence-corrected chi connectivity index (χ2v) is 13.1. The first-order valence-electron chi connectivity index (χ1n) is 16.8. The number of H-pyrrole nitrogens is 1. The van der Waals surface area contributed by atoms with Crippen molar-refractivity contribution in [2.75, 3.05) is 45.2 Å². The van der Waals surface area contributed by atoms with E-state index in [1.54, 1.807) is 29.3 Å². The van der Waals surface area contributed by atoms with Crippen LogP contribution in [0.5, 0.6) is 0 Å². The first kappa shape index (κ1) is 34.0. The van der Waals surface area contributed by atoms with Crippen molar-refractivity contribution in [2.45, 2.75) is 38.2 Å². The van der Waals surface area contributed by atoms with Gasteiger partial charge in [0.15, 0.2) is 11.4 Å². The Labute approximate surface area is 293 Å². The summed E-state index contributed by atoms with van der Waals surface area (Å²) in [5.41, 5.74) is 2.34. The van der Waals surface area contributed by atoms with E-state index < -0.39 is 17.2 Å². The number of rotatable bonds is 9. The van der Waals surface area contributed by atoms with Gasteiger partial charge in [-0.2, -0.15) is 5.10 Å². The molecule has 2 aliphatic rings. The van der Waals surface area contributed by atoms with Gasteiger partial charge in [-0.1, -0.05) is 19.9 Å². The number of carbonyl (C=O) groups excluding carboxylic acids is 2. The molecule has 2 amide bonds. The highest BCUT2D eigenvalue weighted by atomic mass is 19.1. The molecule has 2 aliphatic heterocycles. The monoisotopic (exact) mass is 693 g/mol. The summed E-state index contributed by atoms with van der Waals surface area (Å²) in [5.74, 6) is -0.643. The minimum Gasteiger partial charge on any atom is -0.367 e. The summed E-state index contributed by atoms with van der Waals surface area (Å²) in [6.07, 6.45) is 7.18. The summed E-state index contributed by atoms with van der Waals surface area (Å²) in [7, 11) is 1.50. The van der Waals surface area contributed by atoms with Crippen LogP contribution in [-0.2, 0) is 14.3 Å². The van der Waals surface area contributed by atoms with Gasteiger partial charge in [0.25, 0.3) is 5.91 Å². The zero-order valence-electron chi connectivity index (χ0n) is 28.5. The number of benzene rings is 2. The molecule has 7 rings (SSSR count). The molecule has 0 unspecified atom stereocenters. The fraction of sp³-hybridized carbons (Fsp3) is 0.324. The van der Waals surface area contributed by atoms with E-state index in [4.69, 9.17) is 4.74 Å². The maximum Gasteiger partial charge on any atom is 0.258 e. The van der Waals surface area contributed by atoms with Crippen LogP contribution < -0.4 is 5.32 Å². The fourth-order valence-corrected chi connectivity index (χ4v) is 6.59. The van der Waals surface area contributed by atoms with E-state index >= 15 is 4.39 Å². The number of methoxy groups -OCH3 is 1. The number of nitrogens with one attached hydrogen (secondary N) is 2. The van der Waals surface area contributed by atoms with Gasteiger partial charge in [0.05, 0.1) is 23.3 Å². The largest absolute Gasteiger partial charge is 0.367 e. The number of hydrogen-bond donors (Lipinski definition) is 2. The highest BCUT2D eigenvalue weighted by Crippen LogP contribution is 2.32. The third-order valence-corrected chi connectivity index (χ3v) is 9.50. The molecule has 0 saturated carbocycles. The van der Waals surface area contributed by atoms with E-state index in [0.29, 0.717) is 54.4 Å². The first-order valence-corrected chi connectivity index (χ1v) is 16.8. The fourth-order valence-electron chi connectivity index (χ4n) is 6.59. The zero-order valence-corrected chi connectivity index (χ0v) is 28.5. The molecule has 12 nitrogen and oxygen atoms in total. The lowest BCUT2D eigenvalue weighted by atomic mass is 9.97. The minimum absolute atomic E-state index is 0.0107. The molecule has 1 saturated heterocycles. The quantitative estimate of drug-likeness (QED) is 0.212. The number of fused-ring (bicyclic) bond motifs is 1. The molecule has 51 heavy (non-hydrogen) atoms. The number of hydrogen-bond acceptors (Lipinski definition) is 9. The number of carbonyl (C=O) groups is 2. The molecule has 3 aromatic heterocycles. The molecule has 5 aromatic rings. The highest BCUT2D eigenvalue weighted by molar-refractivity contribution is 6.01. The number of likely N-dealkylation sites (tertiary alicyclic amines) is 1. The summed E-state index contributed by atoms with van der Waals surface area (Å²) < 4.78 is 35.9. The van der Waals surface area contributed by atoms with Crippen molar-refractivity contribution in [2.24, 2.45) is 0 Å². The summed E-state index contributed by atoms with van der Waals surface area (Å²) in [5, 5.41) is 11.3. The Morgan fingerprint density at radius 3 is 2.55 bits per heavy atom. The standard InChI is InChI=1S/C37H37F2N9O3/c1-22(2)34-42-13-7-31(44-34)33-27-17-24(5-6-30(27)45-46-33)43-36(50)37(51-3)10-16-47(21-37)20-32(49)48-14-8-23(9-15-48)25-18-29(39)26(19-28(25)38)35-40-11-4-12-41-35/h4-8,11-13,17-19,22H,9-10,14-16,20-21H2,1-3H3,(H,43,50)(H,45,46)/t37-/m0/s1.